The number of nitrogens with one attached hydrogen (secondary N) is 2. The van der Waals surface area contributed by atoms with E-state index in [0.29, 0.717) is 36.1 Å². The molecule has 0 saturated heterocycles. The largest absolute Gasteiger partial charge is 0.493 e. The van der Waals surface area contributed by atoms with Crippen LogP contribution in [0.15, 0.2) is 53.5 Å². The molecule has 2 aromatic carbocycles. The lowest BCUT2D eigenvalue weighted by atomic mass is 10.1. The van der Waals surface area contributed by atoms with Crippen LogP contribution >= 0.6 is 0 Å². The minimum Gasteiger partial charge on any atom is -0.493 e. The summed E-state index contributed by atoms with van der Waals surface area (Å²) in [5, 5.41) is 16.6. The van der Waals surface area contributed by atoms with Gasteiger partial charge in [0, 0.05) is 6.54 Å². The molecule has 0 aliphatic rings. The molecule has 0 radical (unpaired) electrons. The smallest absolute Gasteiger partial charge is 0.191 e. The number of guanidine groups is 1. The highest BCUT2D eigenvalue weighted by Gasteiger charge is 2.11. The first-order valence-corrected chi connectivity index (χ1v) is 9.28. The molecule has 0 amide bonds. The molecule has 0 fully saturated rings. The molecule has 0 spiro atoms. The fraction of sp³-hybridized carbons (Fsp3) is 0.381. The van der Waals surface area contributed by atoms with Crippen molar-refractivity contribution >= 4 is 5.96 Å². The van der Waals surface area contributed by atoms with Crippen LogP contribution in [-0.4, -0.2) is 43.9 Å². The summed E-state index contributed by atoms with van der Waals surface area (Å²) in [4.78, 5) is 4.40. The van der Waals surface area contributed by atoms with Crippen molar-refractivity contribution in [2.45, 2.75) is 26.1 Å². The molecule has 2 rings (SSSR count). The highest BCUT2D eigenvalue weighted by molar-refractivity contribution is 5.79. The second kappa shape index (κ2) is 11.1. The van der Waals surface area contributed by atoms with Gasteiger partial charge in [0.05, 0.1) is 26.3 Å². The zero-order chi connectivity index (χ0) is 20.4. The van der Waals surface area contributed by atoms with E-state index in [1.54, 1.807) is 19.2 Å². The van der Waals surface area contributed by atoms with Gasteiger partial charge in [-0.25, -0.2) is 4.39 Å². The second-order valence-electron chi connectivity index (χ2n) is 6.25. The molecule has 0 aliphatic carbocycles. The molecule has 2 aromatic rings. The molecule has 2 unspecified atom stereocenters. The molecule has 6 nitrogen and oxygen atoms in total. The number of aliphatic hydroxyl groups excluding tert-OH is 1. The van der Waals surface area contributed by atoms with Crippen LogP contribution in [0.2, 0.25) is 0 Å². The van der Waals surface area contributed by atoms with E-state index in [1.165, 1.54) is 12.1 Å². The maximum absolute atomic E-state index is 13.0. The van der Waals surface area contributed by atoms with Gasteiger partial charge in [0.25, 0.3) is 0 Å². The second-order valence-corrected chi connectivity index (χ2v) is 6.25. The highest BCUT2D eigenvalue weighted by Crippen LogP contribution is 2.26. The predicted molar refractivity (Wildman–Crippen MR) is 108 cm³/mol. The number of aliphatic hydroxyl groups is 1. The molecule has 3 N–H and O–H groups in total. The number of benzene rings is 2. The highest BCUT2D eigenvalue weighted by atomic mass is 19.1. The molecule has 0 bridgehead atoms. The van der Waals surface area contributed by atoms with Crippen molar-refractivity contribution in [3.8, 4) is 11.5 Å². The van der Waals surface area contributed by atoms with Crippen molar-refractivity contribution < 1.29 is 19.0 Å². The monoisotopic (exact) mass is 389 g/mol. The topological polar surface area (TPSA) is 75.1 Å². The summed E-state index contributed by atoms with van der Waals surface area (Å²) < 4.78 is 24.2. The lowest BCUT2D eigenvalue weighted by molar-refractivity contribution is 0.187. The Kier molecular flexibility index (Phi) is 8.55. The van der Waals surface area contributed by atoms with Crippen LogP contribution in [0.5, 0.6) is 11.5 Å². The van der Waals surface area contributed by atoms with Crippen LogP contribution in [0.3, 0.4) is 0 Å². The van der Waals surface area contributed by atoms with Gasteiger partial charge in [0.1, 0.15) is 11.9 Å². The van der Waals surface area contributed by atoms with Crippen molar-refractivity contribution in [1.82, 2.24) is 10.6 Å². The lowest BCUT2D eigenvalue weighted by Crippen LogP contribution is -2.42. The van der Waals surface area contributed by atoms with Crippen LogP contribution in [0.4, 0.5) is 4.39 Å². The predicted octanol–water partition coefficient (Wildman–Crippen LogP) is 2.89. The van der Waals surface area contributed by atoms with E-state index in [4.69, 9.17) is 9.47 Å². The fourth-order valence-electron chi connectivity index (χ4n) is 2.52. The molecule has 0 aliphatic heterocycles. The maximum atomic E-state index is 13.0. The van der Waals surface area contributed by atoms with E-state index in [0.717, 1.165) is 0 Å². The third kappa shape index (κ3) is 6.74. The van der Waals surface area contributed by atoms with Gasteiger partial charge < -0.3 is 25.2 Å². The third-order valence-electron chi connectivity index (χ3n) is 3.98. The molecule has 0 heterocycles. The number of hydrogen-bond acceptors (Lipinski definition) is 4. The Morgan fingerprint density at radius 2 is 1.79 bits per heavy atom. The third-order valence-corrected chi connectivity index (χ3v) is 3.98. The molecular formula is C21H28FN3O3. The first-order valence-electron chi connectivity index (χ1n) is 9.28. The first kappa shape index (κ1) is 21.5. The molecular weight excluding hydrogens is 361 g/mol. The molecule has 152 valence electrons. The van der Waals surface area contributed by atoms with Crippen molar-refractivity contribution in [3.05, 3.63) is 59.9 Å². The number of halogens is 1. The van der Waals surface area contributed by atoms with Crippen LogP contribution in [0.1, 0.15) is 25.5 Å². The maximum Gasteiger partial charge on any atom is 0.191 e. The minimum absolute atomic E-state index is 0.137. The molecule has 7 heteroatoms. The van der Waals surface area contributed by atoms with Crippen molar-refractivity contribution in [3.63, 3.8) is 0 Å². The van der Waals surface area contributed by atoms with Crippen LogP contribution < -0.4 is 20.1 Å². The van der Waals surface area contributed by atoms with Crippen molar-refractivity contribution in [2.75, 3.05) is 26.7 Å². The van der Waals surface area contributed by atoms with Crippen molar-refractivity contribution in [2.24, 2.45) is 4.99 Å². The molecule has 28 heavy (non-hydrogen) atoms. The first-order chi connectivity index (χ1) is 13.5. The minimum atomic E-state index is -0.807. The number of aliphatic imine (C=N–C) groups is 1. The van der Waals surface area contributed by atoms with Gasteiger partial charge in [-0.1, -0.05) is 24.3 Å². The summed E-state index contributed by atoms with van der Waals surface area (Å²) in [6.45, 7) is 5.25. The van der Waals surface area contributed by atoms with Crippen LogP contribution in [0, 0.1) is 5.82 Å². The zero-order valence-electron chi connectivity index (χ0n) is 16.5. The van der Waals surface area contributed by atoms with Crippen LogP contribution in [0.25, 0.3) is 0 Å². The average molecular weight is 389 g/mol. The van der Waals surface area contributed by atoms with E-state index in [9.17, 15) is 9.50 Å². The number of para-hydroxylation sites is 2. The zero-order valence-corrected chi connectivity index (χ0v) is 16.5. The molecule has 2 atom stereocenters. The summed E-state index contributed by atoms with van der Waals surface area (Å²) in [5.74, 6) is 1.59. The Bertz CT molecular complexity index is 753. The van der Waals surface area contributed by atoms with Gasteiger partial charge >= 0.3 is 0 Å². The summed E-state index contributed by atoms with van der Waals surface area (Å²) in [5.41, 5.74) is 0.619. The number of nitrogens with zero attached hydrogens (tertiary/aromatic N) is 1. The molecule has 0 saturated carbocycles. The van der Waals surface area contributed by atoms with Gasteiger partial charge in [-0.05, 0) is 43.7 Å². The van der Waals surface area contributed by atoms with Crippen molar-refractivity contribution in [1.29, 1.82) is 0 Å². The van der Waals surface area contributed by atoms with Gasteiger partial charge in [-0.15, -0.1) is 0 Å². The Hall–Kier alpha value is -2.80. The van der Waals surface area contributed by atoms with Gasteiger partial charge in [-0.3, -0.25) is 4.99 Å². The lowest BCUT2D eigenvalue weighted by Gasteiger charge is -2.19. The van der Waals surface area contributed by atoms with Gasteiger partial charge in [-0.2, -0.15) is 0 Å². The summed E-state index contributed by atoms with van der Waals surface area (Å²) in [7, 11) is 1.60. The Morgan fingerprint density at radius 3 is 2.43 bits per heavy atom. The normalized spacial score (nSPS) is 13.5. The SMILES string of the molecule is CCNC(=NCC(O)c1ccc(F)cc1)NCC(C)Oc1ccccc1OC. The number of rotatable bonds is 9. The van der Waals surface area contributed by atoms with Crippen LogP contribution in [-0.2, 0) is 0 Å². The van der Waals surface area contributed by atoms with E-state index < -0.39 is 6.10 Å². The Morgan fingerprint density at radius 1 is 1.11 bits per heavy atom. The number of methoxy groups -OCH3 is 1. The van der Waals surface area contributed by atoms with Gasteiger partial charge in [0.15, 0.2) is 17.5 Å². The van der Waals surface area contributed by atoms with E-state index >= 15 is 0 Å². The average Bonchev–Trinajstić information content (AvgIpc) is 2.70. The number of ether oxygens (including phenoxy) is 2. The van der Waals surface area contributed by atoms with Gasteiger partial charge in [0.2, 0.25) is 0 Å². The van der Waals surface area contributed by atoms with E-state index in [1.807, 2.05) is 38.1 Å². The molecule has 0 aromatic heterocycles. The summed E-state index contributed by atoms with van der Waals surface area (Å²) >= 11 is 0. The summed E-state index contributed by atoms with van der Waals surface area (Å²) in [6.07, 6.45) is -0.944. The Balaban J connectivity index is 1.90. The standard InChI is InChI=1S/C21H28FN3O3/c1-4-23-21(25-14-18(26)16-9-11-17(22)12-10-16)24-13-15(2)28-20-8-6-5-7-19(20)27-3/h5-12,15,18,26H,4,13-14H2,1-3H3,(H2,23,24,25). The number of hydrogen-bond donors (Lipinski definition) is 3. The van der Waals surface area contributed by atoms with E-state index in [-0.39, 0.29) is 18.5 Å². The van der Waals surface area contributed by atoms with E-state index in [2.05, 4.69) is 15.6 Å². The fourth-order valence-corrected chi connectivity index (χ4v) is 2.52. The Labute approximate surface area is 165 Å². The summed E-state index contributed by atoms with van der Waals surface area (Å²) in [6, 6.07) is 13.2. The quantitative estimate of drug-likeness (QED) is 0.454.